The first kappa shape index (κ1) is 20.8. The molecule has 3 rings (SSSR count). The Bertz CT molecular complexity index is 897. The molecule has 3 heterocycles. The maximum Gasteiger partial charge on any atom is 0.303 e. The van der Waals surface area contributed by atoms with Crippen molar-refractivity contribution >= 4 is 23.2 Å². The summed E-state index contributed by atoms with van der Waals surface area (Å²) in [5.41, 5.74) is 0.857. The molecule has 10 heteroatoms. The zero-order valence-corrected chi connectivity index (χ0v) is 16.8. The monoisotopic (exact) mass is 406 g/mol. The van der Waals surface area contributed by atoms with Crippen molar-refractivity contribution in [1.82, 2.24) is 19.9 Å². The summed E-state index contributed by atoms with van der Waals surface area (Å²) < 4.78 is 33.3. The van der Waals surface area contributed by atoms with E-state index in [0.717, 1.165) is 20.0 Å². The maximum atomic E-state index is 13.7. The standard InChI is InChI=1S/C19H24F2N6O2/c1-11-5-17(26-18(23-11)19(3,20)21)25-14-6-16(24-12(2)28)22-7-15(14)29-10-13-8-27(4)9-13/h5-7,13H,8-10H2,1-4H3,(H2,22,23,24,25,26,28). The number of likely N-dealkylation sites (tertiary alicyclic amines) is 1. The number of amides is 1. The van der Waals surface area contributed by atoms with Gasteiger partial charge in [0.15, 0.2) is 5.75 Å². The highest BCUT2D eigenvalue weighted by molar-refractivity contribution is 5.88. The number of hydrogen-bond donors (Lipinski definition) is 2. The highest BCUT2D eigenvalue weighted by atomic mass is 19.3. The van der Waals surface area contributed by atoms with Gasteiger partial charge in [0.2, 0.25) is 11.7 Å². The quantitative estimate of drug-likeness (QED) is 0.730. The van der Waals surface area contributed by atoms with Gasteiger partial charge in [-0.15, -0.1) is 0 Å². The fourth-order valence-corrected chi connectivity index (χ4v) is 3.01. The minimum Gasteiger partial charge on any atom is -0.489 e. The van der Waals surface area contributed by atoms with E-state index in [4.69, 9.17) is 4.74 Å². The van der Waals surface area contributed by atoms with Gasteiger partial charge >= 0.3 is 5.92 Å². The predicted molar refractivity (Wildman–Crippen MR) is 105 cm³/mol. The van der Waals surface area contributed by atoms with Crippen molar-refractivity contribution in [2.45, 2.75) is 26.7 Å². The van der Waals surface area contributed by atoms with Crippen molar-refractivity contribution in [3.05, 3.63) is 29.8 Å². The van der Waals surface area contributed by atoms with Crippen LogP contribution < -0.4 is 15.4 Å². The third kappa shape index (κ3) is 5.57. The van der Waals surface area contributed by atoms with Gasteiger partial charge in [-0.2, -0.15) is 8.78 Å². The number of aromatic nitrogens is 3. The SMILES string of the molecule is CC(=O)Nc1cc(Nc2cc(C)nc(C(C)(F)F)n2)c(OCC2CN(C)C2)cn1. The van der Waals surface area contributed by atoms with Crippen LogP contribution in [0.3, 0.4) is 0 Å². The van der Waals surface area contributed by atoms with Crippen LogP contribution in [0.2, 0.25) is 0 Å². The van der Waals surface area contributed by atoms with E-state index in [1.807, 2.05) is 7.05 Å². The molecule has 0 aliphatic carbocycles. The molecule has 29 heavy (non-hydrogen) atoms. The van der Waals surface area contributed by atoms with Crippen molar-refractivity contribution in [3.8, 4) is 5.75 Å². The molecule has 2 N–H and O–H groups in total. The van der Waals surface area contributed by atoms with E-state index >= 15 is 0 Å². The molecular weight excluding hydrogens is 382 g/mol. The molecule has 1 aliphatic rings. The summed E-state index contributed by atoms with van der Waals surface area (Å²) in [4.78, 5) is 25.4. The Balaban J connectivity index is 1.86. The number of hydrogen-bond acceptors (Lipinski definition) is 7. The molecule has 2 aromatic rings. The van der Waals surface area contributed by atoms with Gasteiger partial charge in [0, 0.05) is 50.7 Å². The second kappa shape index (κ2) is 8.24. The van der Waals surface area contributed by atoms with E-state index in [-0.39, 0.29) is 11.7 Å². The van der Waals surface area contributed by atoms with Gasteiger partial charge in [-0.25, -0.2) is 15.0 Å². The minimum atomic E-state index is -3.17. The fourth-order valence-electron chi connectivity index (χ4n) is 3.01. The average molecular weight is 406 g/mol. The van der Waals surface area contributed by atoms with Gasteiger partial charge in [-0.05, 0) is 14.0 Å². The first-order valence-corrected chi connectivity index (χ1v) is 9.20. The number of anilines is 3. The largest absolute Gasteiger partial charge is 0.489 e. The van der Waals surface area contributed by atoms with Gasteiger partial charge in [0.1, 0.15) is 11.6 Å². The number of carbonyl (C=O) groups excluding carboxylic acids is 1. The number of aryl methyl sites for hydroxylation is 1. The van der Waals surface area contributed by atoms with Crippen LogP contribution in [-0.4, -0.2) is 52.5 Å². The summed E-state index contributed by atoms with van der Waals surface area (Å²) in [6, 6.07) is 3.13. The molecule has 8 nitrogen and oxygen atoms in total. The Hall–Kier alpha value is -2.88. The molecule has 156 valence electrons. The normalized spacial score (nSPS) is 15.0. The molecule has 1 fully saturated rings. The number of halogens is 2. The van der Waals surface area contributed by atoms with Crippen LogP contribution in [0.5, 0.6) is 5.75 Å². The minimum absolute atomic E-state index is 0.197. The molecule has 2 aromatic heterocycles. The topological polar surface area (TPSA) is 92.3 Å². The van der Waals surface area contributed by atoms with Crippen molar-refractivity contribution in [3.63, 3.8) is 0 Å². The van der Waals surface area contributed by atoms with E-state index in [9.17, 15) is 13.6 Å². The molecule has 1 aliphatic heterocycles. The van der Waals surface area contributed by atoms with Gasteiger partial charge in [0.05, 0.1) is 18.5 Å². The van der Waals surface area contributed by atoms with E-state index in [2.05, 4.69) is 30.5 Å². The number of ether oxygens (including phenoxy) is 1. The number of pyridine rings is 1. The van der Waals surface area contributed by atoms with E-state index in [1.54, 1.807) is 19.1 Å². The fraction of sp³-hybridized carbons (Fsp3) is 0.474. The first-order chi connectivity index (χ1) is 13.6. The Kier molecular flexibility index (Phi) is 5.92. The Morgan fingerprint density at radius 3 is 2.66 bits per heavy atom. The number of nitrogens with one attached hydrogen (secondary N) is 2. The number of rotatable bonds is 7. The number of nitrogens with zero attached hydrogens (tertiary/aromatic N) is 4. The van der Waals surface area contributed by atoms with Crippen molar-refractivity contribution in [1.29, 1.82) is 0 Å². The smallest absolute Gasteiger partial charge is 0.303 e. The summed E-state index contributed by atoms with van der Waals surface area (Å²) in [7, 11) is 2.03. The molecule has 0 unspecified atom stereocenters. The highest BCUT2D eigenvalue weighted by Crippen LogP contribution is 2.31. The van der Waals surface area contributed by atoms with Crippen LogP contribution in [0.25, 0.3) is 0 Å². The lowest BCUT2D eigenvalue weighted by Crippen LogP contribution is -2.46. The van der Waals surface area contributed by atoms with Crippen molar-refractivity contribution < 1.29 is 18.3 Å². The van der Waals surface area contributed by atoms with E-state index in [0.29, 0.717) is 35.5 Å². The molecule has 0 bridgehead atoms. The molecule has 1 saturated heterocycles. The predicted octanol–water partition coefficient (Wildman–Crippen LogP) is 2.93. The van der Waals surface area contributed by atoms with Crippen LogP contribution in [0.15, 0.2) is 18.3 Å². The van der Waals surface area contributed by atoms with E-state index in [1.165, 1.54) is 13.1 Å². The van der Waals surface area contributed by atoms with Gasteiger partial charge in [-0.1, -0.05) is 0 Å². The van der Waals surface area contributed by atoms with Crippen LogP contribution >= 0.6 is 0 Å². The Morgan fingerprint density at radius 1 is 1.31 bits per heavy atom. The lowest BCUT2D eigenvalue weighted by Gasteiger charge is -2.35. The summed E-state index contributed by atoms with van der Waals surface area (Å²) in [6.45, 7) is 6.12. The lowest BCUT2D eigenvalue weighted by molar-refractivity contribution is -0.114. The first-order valence-electron chi connectivity index (χ1n) is 9.20. The average Bonchev–Trinajstić information content (AvgIpc) is 2.57. The van der Waals surface area contributed by atoms with Crippen LogP contribution in [-0.2, 0) is 10.7 Å². The van der Waals surface area contributed by atoms with Crippen LogP contribution in [0.4, 0.5) is 26.1 Å². The van der Waals surface area contributed by atoms with Crippen LogP contribution in [0.1, 0.15) is 25.4 Å². The molecule has 0 spiro atoms. The summed E-state index contributed by atoms with van der Waals surface area (Å²) in [6.07, 6.45) is 1.49. The molecule has 0 aromatic carbocycles. The Morgan fingerprint density at radius 2 is 2.03 bits per heavy atom. The van der Waals surface area contributed by atoms with E-state index < -0.39 is 11.7 Å². The highest BCUT2D eigenvalue weighted by Gasteiger charge is 2.29. The van der Waals surface area contributed by atoms with Gasteiger partial charge in [-0.3, -0.25) is 4.79 Å². The molecule has 1 amide bonds. The molecule has 0 radical (unpaired) electrons. The summed E-state index contributed by atoms with van der Waals surface area (Å²) >= 11 is 0. The second-order valence-corrected chi connectivity index (χ2v) is 7.38. The molecular formula is C19H24F2N6O2. The molecule has 0 atom stereocenters. The lowest BCUT2D eigenvalue weighted by atomic mass is 10.0. The number of carbonyl (C=O) groups is 1. The van der Waals surface area contributed by atoms with Gasteiger partial charge < -0.3 is 20.3 Å². The van der Waals surface area contributed by atoms with Crippen molar-refractivity contribution in [2.24, 2.45) is 5.92 Å². The second-order valence-electron chi connectivity index (χ2n) is 7.38. The maximum absolute atomic E-state index is 13.7. The Labute approximate surface area is 167 Å². The van der Waals surface area contributed by atoms with Crippen LogP contribution in [0, 0.1) is 12.8 Å². The number of alkyl halides is 2. The van der Waals surface area contributed by atoms with Crippen molar-refractivity contribution in [2.75, 3.05) is 37.4 Å². The molecule has 0 saturated carbocycles. The summed E-state index contributed by atoms with van der Waals surface area (Å²) in [5, 5.41) is 5.59. The van der Waals surface area contributed by atoms with Gasteiger partial charge in [0.25, 0.3) is 0 Å². The summed E-state index contributed by atoms with van der Waals surface area (Å²) in [5.74, 6) is -2.66. The zero-order valence-electron chi connectivity index (χ0n) is 16.8. The third-order valence-electron chi connectivity index (χ3n) is 4.30. The zero-order chi connectivity index (χ0) is 21.2. The third-order valence-corrected chi connectivity index (χ3v) is 4.30.